The molecule has 7 heteroatoms. The molecule has 0 unspecified atom stereocenters. The lowest BCUT2D eigenvalue weighted by atomic mass is 9.38. The molecule has 3 fully saturated rings. The molecular formula is C30H46O7. The molecule has 3 saturated carbocycles. The van der Waals surface area contributed by atoms with Gasteiger partial charge in [0.1, 0.15) is 11.4 Å². The quantitative estimate of drug-likeness (QED) is 0.285. The largest absolute Gasteiger partial charge is 0.393 e. The summed E-state index contributed by atoms with van der Waals surface area (Å²) < 4.78 is 0. The van der Waals surface area contributed by atoms with Crippen molar-refractivity contribution >= 4 is 11.6 Å². The van der Waals surface area contributed by atoms with Crippen LogP contribution in [0.2, 0.25) is 0 Å². The summed E-state index contributed by atoms with van der Waals surface area (Å²) in [5.74, 6) is -1.88. The molecule has 0 radical (unpaired) electrons. The van der Waals surface area contributed by atoms with Crippen LogP contribution < -0.4 is 0 Å². The Morgan fingerprint density at radius 1 is 1.00 bits per heavy atom. The van der Waals surface area contributed by atoms with Crippen LogP contribution in [-0.4, -0.2) is 66.6 Å². The molecule has 208 valence electrons. The number of ketones is 2. The van der Waals surface area contributed by atoms with Crippen molar-refractivity contribution in [1.82, 2.24) is 0 Å². The molecule has 0 spiro atoms. The molecule has 0 amide bonds. The summed E-state index contributed by atoms with van der Waals surface area (Å²) in [5, 5.41) is 54.6. The molecule has 0 saturated heterocycles. The van der Waals surface area contributed by atoms with Gasteiger partial charge in [0.05, 0.1) is 23.9 Å². The zero-order valence-electron chi connectivity index (χ0n) is 23.6. The monoisotopic (exact) mass is 518 g/mol. The third-order valence-electron chi connectivity index (χ3n) is 11.4. The summed E-state index contributed by atoms with van der Waals surface area (Å²) in [6, 6.07) is 0. The maximum atomic E-state index is 14.2. The molecule has 10 atom stereocenters. The molecule has 37 heavy (non-hydrogen) atoms. The highest BCUT2D eigenvalue weighted by molar-refractivity contribution is 5.97. The van der Waals surface area contributed by atoms with Crippen LogP contribution in [0, 0.1) is 39.4 Å². The first-order valence-electron chi connectivity index (χ1n) is 13.6. The summed E-state index contributed by atoms with van der Waals surface area (Å²) in [6.07, 6.45) is 3.10. The smallest absolute Gasteiger partial charge is 0.187 e. The first-order chi connectivity index (χ1) is 16.7. The van der Waals surface area contributed by atoms with E-state index in [4.69, 9.17) is 0 Å². The minimum absolute atomic E-state index is 0.0156. The van der Waals surface area contributed by atoms with Crippen LogP contribution in [0.3, 0.4) is 0 Å². The van der Waals surface area contributed by atoms with Gasteiger partial charge in [-0.1, -0.05) is 52.3 Å². The maximum absolute atomic E-state index is 14.2. The van der Waals surface area contributed by atoms with Crippen molar-refractivity contribution in [3.63, 3.8) is 0 Å². The Kier molecular flexibility index (Phi) is 6.43. The third-order valence-corrected chi connectivity index (χ3v) is 11.4. The molecule has 0 aromatic carbocycles. The van der Waals surface area contributed by atoms with Gasteiger partial charge in [-0.3, -0.25) is 9.59 Å². The molecule has 4 aliphatic rings. The van der Waals surface area contributed by atoms with Gasteiger partial charge in [0.15, 0.2) is 5.78 Å². The van der Waals surface area contributed by atoms with E-state index in [-0.39, 0.29) is 24.0 Å². The van der Waals surface area contributed by atoms with Gasteiger partial charge >= 0.3 is 0 Å². The van der Waals surface area contributed by atoms with Crippen LogP contribution in [0.25, 0.3) is 0 Å². The number of carbonyl (C=O) groups excluding carboxylic acids is 2. The van der Waals surface area contributed by atoms with Crippen LogP contribution in [-0.2, 0) is 9.59 Å². The van der Waals surface area contributed by atoms with Crippen molar-refractivity contribution in [3.05, 3.63) is 23.8 Å². The van der Waals surface area contributed by atoms with Gasteiger partial charge in [0.25, 0.3) is 0 Å². The van der Waals surface area contributed by atoms with E-state index in [0.717, 1.165) is 5.57 Å². The van der Waals surface area contributed by atoms with Crippen molar-refractivity contribution in [1.29, 1.82) is 0 Å². The molecule has 0 aromatic rings. The van der Waals surface area contributed by atoms with Gasteiger partial charge in [0.2, 0.25) is 0 Å². The lowest BCUT2D eigenvalue weighted by Crippen LogP contribution is -2.65. The van der Waals surface area contributed by atoms with Crippen molar-refractivity contribution in [2.24, 2.45) is 39.4 Å². The fourth-order valence-corrected chi connectivity index (χ4v) is 9.15. The number of allylic oxidation sites excluding steroid dienone is 1. The molecule has 0 aliphatic heterocycles. The number of fused-ring (bicyclic) bond motifs is 5. The van der Waals surface area contributed by atoms with E-state index in [2.05, 4.69) is 13.0 Å². The van der Waals surface area contributed by atoms with E-state index in [1.165, 1.54) is 32.9 Å². The van der Waals surface area contributed by atoms with Crippen molar-refractivity contribution < 1.29 is 35.1 Å². The summed E-state index contributed by atoms with van der Waals surface area (Å²) >= 11 is 0. The molecular weight excluding hydrogens is 472 g/mol. The zero-order chi connectivity index (χ0) is 28.1. The van der Waals surface area contributed by atoms with E-state index in [1.54, 1.807) is 0 Å². The average molecular weight is 519 g/mol. The summed E-state index contributed by atoms with van der Waals surface area (Å²) in [6.45, 7) is 14.3. The predicted octanol–water partition coefficient (Wildman–Crippen LogP) is 2.72. The molecule has 0 bridgehead atoms. The van der Waals surface area contributed by atoms with Gasteiger partial charge in [-0.05, 0) is 68.8 Å². The second kappa shape index (κ2) is 8.31. The van der Waals surface area contributed by atoms with Gasteiger partial charge < -0.3 is 25.5 Å². The minimum atomic E-state index is -1.94. The Labute approximate surface area is 220 Å². The molecule has 7 nitrogen and oxygen atoms in total. The third kappa shape index (κ3) is 3.79. The minimum Gasteiger partial charge on any atom is -0.393 e. The Morgan fingerprint density at radius 3 is 2.16 bits per heavy atom. The maximum Gasteiger partial charge on any atom is 0.187 e. The average Bonchev–Trinajstić information content (AvgIpc) is 2.96. The van der Waals surface area contributed by atoms with Crippen LogP contribution in [0.5, 0.6) is 0 Å². The number of aliphatic hydroxyl groups excluding tert-OH is 3. The SMILES string of the molecule is CC(C)(O)/C=C/C(=O)[C@@](C)(O)[C@H]1[C@H](O)C[C@@]2(C)[C@@H]3CC=C4[C@@H](C[C@H](O)[C@@H](O)C4(C)C)[C@]3(C)C(=O)C[C@]12C. The topological polar surface area (TPSA) is 135 Å². The lowest BCUT2D eigenvalue weighted by Gasteiger charge is -2.65. The predicted molar refractivity (Wildman–Crippen MR) is 139 cm³/mol. The van der Waals surface area contributed by atoms with Gasteiger partial charge in [-0.25, -0.2) is 0 Å². The zero-order valence-corrected chi connectivity index (χ0v) is 23.6. The second-order valence-corrected chi connectivity index (χ2v) is 14.4. The van der Waals surface area contributed by atoms with E-state index >= 15 is 0 Å². The normalized spacial score (nSPS) is 47.1. The van der Waals surface area contributed by atoms with Crippen molar-refractivity contribution in [2.75, 3.05) is 0 Å². The van der Waals surface area contributed by atoms with Gasteiger partial charge in [-0.15, -0.1) is 0 Å². The van der Waals surface area contributed by atoms with E-state index < -0.39 is 62.9 Å². The van der Waals surface area contributed by atoms with Crippen molar-refractivity contribution in [3.8, 4) is 0 Å². The Bertz CT molecular complexity index is 1050. The number of rotatable bonds is 4. The number of hydrogen-bond donors (Lipinski definition) is 5. The van der Waals surface area contributed by atoms with Crippen LogP contribution in [0.1, 0.15) is 81.1 Å². The summed E-state index contributed by atoms with van der Waals surface area (Å²) in [4.78, 5) is 27.4. The highest BCUT2D eigenvalue weighted by Gasteiger charge is 2.74. The first kappa shape index (κ1) is 28.6. The second-order valence-electron chi connectivity index (χ2n) is 14.4. The highest BCUT2D eigenvalue weighted by Crippen LogP contribution is 2.74. The first-order valence-corrected chi connectivity index (χ1v) is 13.6. The fourth-order valence-electron chi connectivity index (χ4n) is 9.15. The number of hydrogen-bond acceptors (Lipinski definition) is 7. The van der Waals surface area contributed by atoms with Gasteiger partial charge in [0, 0.05) is 23.2 Å². The molecule has 0 heterocycles. The molecule has 4 rings (SSSR count). The van der Waals surface area contributed by atoms with Crippen molar-refractivity contribution in [2.45, 2.75) is 111 Å². The molecule has 4 aliphatic carbocycles. The number of aliphatic hydroxyl groups is 5. The van der Waals surface area contributed by atoms with Crippen LogP contribution >= 0.6 is 0 Å². The summed E-state index contributed by atoms with van der Waals surface area (Å²) in [5.41, 5.74) is -5.07. The van der Waals surface area contributed by atoms with E-state index in [1.807, 2.05) is 27.7 Å². The molecule has 0 aromatic heterocycles. The summed E-state index contributed by atoms with van der Waals surface area (Å²) in [7, 11) is 0. The standard InChI is InChI=1S/C30H46O7/c1-25(2,36)12-11-21(33)30(8,37)23-19(32)14-27(5)20-10-9-16-17(13-18(31)24(35)26(16,3)4)29(20,7)22(34)15-28(23,27)6/h9,11-12,17-20,23-24,31-32,35-37H,10,13-15H2,1-8H3/b12-11+/t17-,18+,19-,20+,23+,24-,27+,28-,29+,30-/m1/s1. The van der Waals surface area contributed by atoms with Gasteiger partial charge in [-0.2, -0.15) is 0 Å². The fraction of sp³-hybridized carbons (Fsp3) is 0.800. The van der Waals surface area contributed by atoms with Crippen LogP contribution in [0.15, 0.2) is 23.8 Å². The highest BCUT2D eigenvalue weighted by atomic mass is 16.3. The Hall–Kier alpha value is -1.38. The van der Waals surface area contributed by atoms with E-state index in [0.29, 0.717) is 19.3 Å². The Morgan fingerprint density at radius 2 is 1.59 bits per heavy atom. The Balaban J connectivity index is 1.79. The lowest BCUT2D eigenvalue weighted by molar-refractivity contribution is -0.186. The van der Waals surface area contributed by atoms with Crippen LogP contribution in [0.4, 0.5) is 0 Å². The molecule has 5 N–H and O–H groups in total. The van der Waals surface area contributed by atoms with E-state index in [9.17, 15) is 35.1 Å². The number of Topliss-reactive ketones (excluding diaryl/α,β-unsaturated/α-hetero) is 1. The number of carbonyl (C=O) groups is 2.